The Hall–Kier alpha value is -0.900. The van der Waals surface area contributed by atoms with Crippen LogP contribution in [0.15, 0.2) is 0 Å². The summed E-state index contributed by atoms with van der Waals surface area (Å²) in [5.41, 5.74) is 0. The van der Waals surface area contributed by atoms with Crippen LogP contribution in [0.2, 0.25) is 0 Å². The van der Waals surface area contributed by atoms with Crippen molar-refractivity contribution in [3.05, 3.63) is 0 Å². The SMILES string of the molecule is CC1CCCCN1OC(O)C(=O)C(=O)C(O)ON1CCCCC1C. The molecule has 0 spiro atoms. The Morgan fingerprint density at radius 2 is 1.21 bits per heavy atom. The summed E-state index contributed by atoms with van der Waals surface area (Å²) in [4.78, 5) is 34.3. The Morgan fingerprint density at radius 3 is 1.54 bits per heavy atom. The second-order valence-corrected chi connectivity index (χ2v) is 6.62. The highest BCUT2D eigenvalue weighted by Crippen LogP contribution is 2.19. The number of piperidine rings is 2. The number of carbonyl (C=O) groups is 2. The van der Waals surface area contributed by atoms with Crippen LogP contribution in [0.1, 0.15) is 52.4 Å². The fourth-order valence-electron chi connectivity index (χ4n) is 3.05. The highest BCUT2D eigenvalue weighted by Gasteiger charge is 2.35. The van der Waals surface area contributed by atoms with Crippen molar-refractivity contribution in [1.29, 1.82) is 0 Å². The summed E-state index contributed by atoms with van der Waals surface area (Å²) in [6.07, 6.45) is 1.87. The molecule has 0 aromatic rings. The number of hydrogen-bond acceptors (Lipinski definition) is 8. The molecule has 0 aromatic carbocycles. The minimum atomic E-state index is -1.92. The third kappa shape index (κ3) is 5.05. The topological polar surface area (TPSA) is 99.5 Å². The monoisotopic (exact) mass is 344 g/mol. The van der Waals surface area contributed by atoms with Crippen LogP contribution in [0.3, 0.4) is 0 Å². The van der Waals surface area contributed by atoms with E-state index in [4.69, 9.17) is 9.68 Å². The van der Waals surface area contributed by atoms with E-state index in [0.29, 0.717) is 13.1 Å². The number of ketones is 2. The number of carbonyl (C=O) groups excluding carboxylic acids is 2. The van der Waals surface area contributed by atoms with Crippen molar-refractivity contribution < 1.29 is 29.5 Å². The molecule has 24 heavy (non-hydrogen) atoms. The Labute approximate surface area is 142 Å². The molecule has 2 rings (SSSR count). The summed E-state index contributed by atoms with van der Waals surface area (Å²) in [6, 6.07) is 0.123. The van der Waals surface area contributed by atoms with E-state index < -0.39 is 24.1 Å². The Kier molecular flexibility index (Phi) is 7.27. The summed E-state index contributed by atoms with van der Waals surface area (Å²) >= 11 is 0. The molecule has 2 heterocycles. The molecule has 0 amide bonds. The van der Waals surface area contributed by atoms with Gasteiger partial charge in [-0.15, -0.1) is 0 Å². The lowest BCUT2D eigenvalue weighted by atomic mass is 10.1. The summed E-state index contributed by atoms with van der Waals surface area (Å²) in [6.45, 7) is 5.02. The number of aliphatic hydroxyl groups is 2. The first-order valence-electron chi connectivity index (χ1n) is 8.71. The molecule has 2 fully saturated rings. The molecule has 0 radical (unpaired) electrons. The van der Waals surface area contributed by atoms with Crippen molar-refractivity contribution in [2.45, 2.75) is 77.0 Å². The van der Waals surface area contributed by atoms with Crippen LogP contribution in [0.5, 0.6) is 0 Å². The molecule has 2 aliphatic heterocycles. The highest BCUT2D eigenvalue weighted by atomic mass is 16.8. The number of aliphatic hydroxyl groups excluding tert-OH is 2. The van der Waals surface area contributed by atoms with Crippen LogP contribution in [-0.4, -0.2) is 69.7 Å². The molecule has 2 aliphatic rings. The van der Waals surface area contributed by atoms with E-state index in [9.17, 15) is 19.8 Å². The molecule has 0 aromatic heterocycles. The van der Waals surface area contributed by atoms with Crippen molar-refractivity contribution in [3.63, 3.8) is 0 Å². The maximum atomic E-state index is 12.0. The number of Topliss-reactive ketones (excluding diaryl/α,β-unsaturated/α-hetero) is 2. The van der Waals surface area contributed by atoms with Crippen molar-refractivity contribution in [3.8, 4) is 0 Å². The summed E-state index contributed by atoms with van der Waals surface area (Å²) in [7, 11) is 0. The number of hydroxylamine groups is 4. The third-order valence-corrected chi connectivity index (χ3v) is 4.65. The molecular formula is C16H28N2O6. The van der Waals surface area contributed by atoms with Crippen molar-refractivity contribution >= 4 is 11.6 Å². The Balaban J connectivity index is 1.84. The van der Waals surface area contributed by atoms with E-state index in [2.05, 4.69) is 0 Å². The van der Waals surface area contributed by atoms with Gasteiger partial charge in [-0.05, 0) is 39.5 Å². The Bertz CT molecular complexity index is 406. The normalized spacial score (nSPS) is 29.2. The average molecular weight is 344 g/mol. The predicted molar refractivity (Wildman–Crippen MR) is 84.2 cm³/mol. The van der Waals surface area contributed by atoms with Gasteiger partial charge in [0.2, 0.25) is 12.6 Å². The van der Waals surface area contributed by atoms with Gasteiger partial charge < -0.3 is 10.2 Å². The number of rotatable bonds is 7. The lowest BCUT2D eigenvalue weighted by Crippen LogP contribution is -2.48. The fourth-order valence-corrected chi connectivity index (χ4v) is 3.05. The minimum absolute atomic E-state index is 0.0617. The van der Waals surface area contributed by atoms with Crippen LogP contribution in [0, 0.1) is 0 Å². The maximum Gasteiger partial charge on any atom is 0.261 e. The minimum Gasteiger partial charge on any atom is -0.360 e. The first-order chi connectivity index (χ1) is 11.4. The van der Waals surface area contributed by atoms with E-state index in [1.54, 1.807) is 0 Å². The van der Waals surface area contributed by atoms with Gasteiger partial charge in [0.15, 0.2) is 0 Å². The number of hydrogen-bond donors (Lipinski definition) is 2. The molecule has 0 bridgehead atoms. The second kappa shape index (κ2) is 8.98. The second-order valence-electron chi connectivity index (χ2n) is 6.62. The van der Waals surface area contributed by atoms with Crippen LogP contribution in [0.25, 0.3) is 0 Å². The van der Waals surface area contributed by atoms with Crippen molar-refractivity contribution in [2.75, 3.05) is 13.1 Å². The summed E-state index contributed by atoms with van der Waals surface area (Å²) in [5, 5.41) is 22.7. The van der Waals surface area contributed by atoms with Crippen LogP contribution < -0.4 is 0 Å². The van der Waals surface area contributed by atoms with Crippen LogP contribution >= 0.6 is 0 Å². The standard InChI is InChI=1S/C16H28N2O6/c1-11-7-3-5-9-17(11)23-15(21)13(19)14(20)16(22)24-18-10-6-4-8-12(18)2/h11-12,15-16,21-22H,3-10H2,1-2H3. The first-order valence-corrected chi connectivity index (χ1v) is 8.71. The lowest BCUT2D eigenvalue weighted by molar-refractivity contribution is -0.283. The average Bonchev–Trinajstić information content (AvgIpc) is 2.57. The molecular weight excluding hydrogens is 316 g/mol. The van der Waals surface area contributed by atoms with Gasteiger partial charge in [-0.1, -0.05) is 12.8 Å². The number of nitrogens with zero attached hydrogens (tertiary/aromatic N) is 2. The Morgan fingerprint density at radius 1 is 0.833 bits per heavy atom. The van der Waals surface area contributed by atoms with Crippen LogP contribution in [-0.2, 0) is 19.3 Å². The molecule has 4 atom stereocenters. The van der Waals surface area contributed by atoms with Gasteiger partial charge >= 0.3 is 0 Å². The maximum absolute atomic E-state index is 12.0. The van der Waals surface area contributed by atoms with Gasteiger partial charge in [0.25, 0.3) is 11.6 Å². The van der Waals surface area contributed by atoms with Gasteiger partial charge in [-0.3, -0.25) is 19.3 Å². The molecule has 8 heteroatoms. The quantitative estimate of drug-likeness (QED) is 0.505. The zero-order valence-corrected chi connectivity index (χ0v) is 14.4. The zero-order valence-electron chi connectivity index (χ0n) is 14.4. The smallest absolute Gasteiger partial charge is 0.261 e. The van der Waals surface area contributed by atoms with Gasteiger partial charge in [0.05, 0.1) is 0 Å². The van der Waals surface area contributed by atoms with E-state index in [-0.39, 0.29) is 12.1 Å². The molecule has 0 saturated carbocycles. The predicted octanol–water partition coefficient (Wildman–Crippen LogP) is 0.373. The van der Waals surface area contributed by atoms with Crippen LogP contribution in [0.4, 0.5) is 0 Å². The summed E-state index contributed by atoms with van der Waals surface area (Å²) in [5.74, 6) is -2.41. The largest absolute Gasteiger partial charge is 0.360 e. The van der Waals surface area contributed by atoms with E-state index in [0.717, 1.165) is 38.5 Å². The fraction of sp³-hybridized carbons (Fsp3) is 0.875. The summed E-state index contributed by atoms with van der Waals surface area (Å²) < 4.78 is 0. The molecule has 138 valence electrons. The van der Waals surface area contributed by atoms with E-state index in [1.807, 2.05) is 13.8 Å². The zero-order chi connectivity index (χ0) is 17.7. The molecule has 0 aliphatic carbocycles. The van der Waals surface area contributed by atoms with Gasteiger partial charge in [-0.25, -0.2) is 0 Å². The van der Waals surface area contributed by atoms with Crippen molar-refractivity contribution in [1.82, 2.24) is 10.1 Å². The molecule has 2 saturated heterocycles. The molecule has 2 N–H and O–H groups in total. The van der Waals surface area contributed by atoms with Gasteiger partial charge in [0, 0.05) is 25.2 Å². The highest BCUT2D eigenvalue weighted by molar-refractivity contribution is 6.39. The molecule has 8 nitrogen and oxygen atoms in total. The lowest BCUT2D eigenvalue weighted by Gasteiger charge is -2.34. The van der Waals surface area contributed by atoms with Gasteiger partial charge in [0.1, 0.15) is 0 Å². The van der Waals surface area contributed by atoms with E-state index >= 15 is 0 Å². The first kappa shape index (κ1) is 19.4. The third-order valence-electron chi connectivity index (χ3n) is 4.65. The van der Waals surface area contributed by atoms with Gasteiger partial charge in [-0.2, -0.15) is 10.1 Å². The molecule has 4 unspecified atom stereocenters. The van der Waals surface area contributed by atoms with E-state index in [1.165, 1.54) is 10.1 Å². The van der Waals surface area contributed by atoms with Crippen molar-refractivity contribution in [2.24, 2.45) is 0 Å².